The van der Waals surface area contributed by atoms with E-state index in [9.17, 15) is 14.7 Å². The molecule has 0 fully saturated rings. The van der Waals surface area contributed by atoms with Crippen molar-refractivity contribution >= 4 is 30.1 Å². The van der Waals surface area contributed by atoms with Crippen molar-refractivity contribution in [2.24, 2.45) is 0 Å². The van der Waals surface area contributed by atoms with E-state index in [1.54, 1.807) is 4.57 Å². The lowest BCUT2D eigenvalue weighted by molar-refractivity contribution is -0.156. The molecule has 0 amide bonds. The molecule has 5 rings (SSSR count). The van der Waals surface area contributed by atoms with Gasteiger partial charge in [-0.1, -0.05) is 59.0 Å². The Morgan fingerprint density at radius 1 is 1.21 bits per heavy atom. The van der Waals surface area contributed by atoms with Crippen LogP contribution in [0.2, 0.25) is 18.1 Å². The van der Waals surface area contributed by atoms with Gasteiger partial charge in [0, 0.05) is 10.9 Å². The van der Waals surface area contributed by atoms with Gasteiger partial charge in [-0.15, -0.1) is 0 Å². The second kappa shape index (κ2) is 7.36. The molecule has 0 aliphatic carbocycles. The van der Waals surface area contributed by atoms with Crippen molar-refractivity contribution in [2.75, 3.05) is 6.61 Å². The van der Waals surface area contributed by atoms with Gasteiger partial charge >= 0.3 is 5.97 Å². The zero-order valence-corrected chi connectivity index (χ0v) is 21.8. The van der Waals surface area contributed by atoms with Crippen molar-refractivity contribution in [3.8, 4) is 11.4 Å². The Kier molecular flexibility index (Phi) is 4.98. The van der Waals surface area contributed by atoms with Gasteiger partial charge in [0.2, 0.25) is 0 Å². The van der Waals surface area contributed by atoms with Gasteiger partial charge in [0.05, 0.1) is 43.7 Å². The van der Waals surface area contributed by atoms with E-state index in [0.29, 0.717) is 29.8 Å². The largest absolute Gasteiger partial charge is 0.460 e. The van der Waals surface area contributed by atoms with E-state index in [1.165, 1.54) is 5.19 Å². The first-order chi connectivity index (χ1) is 16.0. The highest BCUT2D eigenvalue weighted by Crippen LogP contribution is 2.41. The van der Waals surface area contributed by atoms with Gasteiger partial charge in [-0.2, -0.15) is 0 Å². The van der Waals surface area contributed by atoms with Crippen molar-refractivity contribution in [1.82, 2.24) is 9.55 Å². The van der Waals surface area contributed by atoms with E-state index in [-0.39, 0.29) is 17.2 Å². The third-order valence-corrected chi connectivity index (χ3v) is 14.1. The number of rotatable bonds is 3. The van der Waals surface area contributed by atoms with Gasteiger partial charge in [-0.3, -0.25) is 9.59 Å². The lowest BCUT2D eigenvalue weighted by atomic mass is 9.75. The first kappa shape index (κ1) is 23.0. The Labute approximate surface area is 200 Å². The minimum absolute atomic E-state index is 0.0592. The molecule has 0 saturated heterocycles. The van der Waals surface area contributed by atoms with Gasteiger partial charge < -0.3 is 14.4 Å². The monoisotopic (exact) mass is 476 g/mol. The third kappa shape index (κ3) is 2.92. The number of carbonyl (C=O) groups excluding carboxylic acids is 1. The van der Waals surface area contributed by atoms with Gasteiger partial charge in [0.15, 0.2) is 0 Å². The summed E-state index contributed by atoms with van der Waals surface area (Å²) in [6.45, 7) is 13.5. The van der Waals surface area contributed by atoms with E-state index in [4.69, 9.17) is 9.72 Å². The van der Waals surface area contributed by atoms with Crippen LogP contribution in [0.25, 0.3) is 22.3 Å². The number of benzene rings is 1. The number of ether oxygens (including phenoxy) is 1. The summed E-state index contributed by atoms with van der Waals surface area (Å²) >= 11 is 0. The number of pyridine rings is 2. The van der Waals surface area contributed by atoms with Crippen LogP contribution in [0.1, 0.15) is 50.8 Å². The maximum absolute atomic E-state index is 13.5. The molecule has 1 atom stereocenters. The predicted molar refractivity (Wildman–Crippen MR) is 136 cm³/mol. The van der Waals surface area contributed by atoms with Crippen LogP contribution in [0.3, 0.4) is 0 Å². The Bertz CT molecular complexity index is 1410. The van der Waals surface area contributed by atoms with Crippen molar-refractivity contribution in [1.29, 1.82) is 0 Å². The summed E-state index contributed by atoms with van der Waals surface area (Å²) < 4.78 is 7.08. The van der Waals surface area contributed by atoms with E-state index in [0.717, 1.165) is 22.2 Å². The molecule has 4 heterocycles. The van der Waals surface area contributed by atoms with Crippen LogP contribution in [0.4, 0.5) is 0 Å². The van der Waals surface area contributed by atoms with Crippen LogP contribution in [-0.2, 0) is 28.1 Å². The molecule has 7 heteroatoms. The highest BCUT2D eigenvalue weighted by molar-refractivity contribution is 6.93. The molecule has 178 valence electrons. The van der Waals surface area contributed by atoms with Crippen molar-refractivity contribution < 1.29 is 14.6 Å². The maximum atomic E-state index is 13.5. The highest BCUT2D eigenvalue weighted by atomic mass is 28.3. The summed E-state index contributed by atoms with van der Waals surface area (Å²) in [7, 11) is -1.87. The number of aliphatic hydroxyl groups is 1. The number of cyclic esters (lactones) is 1. The average Bonchev–Trinajstić information content (AvgIpc) is 3.15. The number of nitrogens with zero attached hydrogens (tertiary/aromatic N) is 2. The molecule has 0 bridgehead atoms. The van der Waals surface area contributed by atoms with E-state index in [2.05, 4.69) is 58.1 Å². The molecule has 1 aromatic carbocycles. The van der Waals surface area contributed by atoms with Crippen LogP contribution in [0.5, 0.6) is 0 Å². The molecule has 0 spiro atoms. The number of aromatic nitrogens is 2. The molecule has 0 saturated carbocycles. The molecule has 3 aromatic rings. The zero-order valence-electron chi connectivity index (χ0n) is 20.8. The number of aliphatic hydroxyl groups excluding tert-OH is 1. The van der Waals surface area contributed by atoms with Gasteiger partial charge in [0.25, 0.3) is 5.56 Å². The van der Waals surface area contributed by atoms with Crippen LogP contribution >= 0.6 is 0 Å². The Hall–Kier alpha value is -2.77. The molecular weight excluding hydrogens is 444 g/mol. The van der Waals surface area contributed by atoms with E-state index >= 15 is 0 Å². The fourth-order valence-corrected chi connectivity index (χ4v) is 7.37. The summed E-state index contributed by atoms with van der Waals surface area (Å²) in [6, 6.07) is 10.5. The second-order valence-electron chi connectivity index (χ2n) is 11.2. The minimum Gasteiger partial charge on any atom is -0.460 e. The predicted octanol–water partition coefficient (Wildman–Crippen LogP) is 3.84. The minimum atomic E-state index is -1.87. The van der Waals surface area contributed by atoms with Crippen molar-refractivity contribution in [3.05, 3.63) is 57.4 Å². The van der Waals surface area contributed by atoms with Gasteiger partial charge in [-0.25, -0.2) is 4.98 Å². The summed E-state index contributed by atoms with van der Waals surface area (Å²) in [6.07, 6.45) is 0.353. The normalized spacial score (nSPS) is 19.6. The molecule has 2 aliphatic rings. The number of esters is 1. The first-order valence-electron chi connectivity index (χ1n) is 11.9. The van der Waals surface area contributed by atoms with Crippen LogP contribution in [-0.4, -0.2) is 35.3 Å². The molecular formula is C27H32N2O4Si. The molecule has 6 nitrogen and oxygen atoms in total. The first-order valence-corrected chi connectivity index (χ1v) is 14.9. The lowest BCUT2D eigenvalue weighted by Crippen LogP contribution is -2.49. The van der Waals surface area contributed by atoms with Gasteiger partial charge in [0.1, 0.15) is 12.0 Å². The summed E-state index contributed by atoms with van der Waals surface area (Å²) in [4.78, 5) is 31.4. The van der Waals surface area contributed by atoms with Crippen LogP contribution in [0.15, 0.2) is 35.1 Å². The second-order valence-corrected chi connectivity index (χ2v) is 16.5. The highest BCUT2D eigenvalue weighted by Gasteiger charge is 2.46. The SMILES string of the molecule is CCC1(CO)C(=O)OCc2c1cc1n(c2=O)Cc2cc3cccc([Si](C)(C)C(C)(C)C)c3nc2-1. The fourth-order valence-electron chi connectivity index (χ4n) is 5.25. The van der Waals surface area contributed by atoms with Crippen molar-refractivity contribution in [3.63, 3.8) is 0 Å². The topological polar surface area (TPSA) is 81.4 Å². The smallest absolute Gasteiger partial charge is 0.319 e. The third-order valence-electron chi connectivity index (χ3n) is 8.57. The Morgan fingerprint density at radius 2 is 1.94 bits per heavy atom. The molecule has 1 unspecified atom stereocenters. The summed E-state index contributed by atoms with van der Waals surface area (Å²) in [5.41, 5.74) is 3.15. The maximum Gasteiger partial charge on any atom is 0.319 e. The zero-order chi connectivity index (χ0) is 24.6. The summed E-state index contributed by atoms with van der Waals surface area (Å²) in [5, 5.41) is 12.8. The molecule has 1 N–H and O–H groups in total. The van der Waals surface area contributed by atoms with E-state index < -0.39 is 26.1 Å². The lowest BCUT2D eigenvalue weighted by Gasteiger charge is -2.37. The van der Waals surface area contributed by atoms with E-state index in [1.807, 2.05) is 13.0 Å². The number of para-hydroxylation sites is 1. The van der Waals surface area contributed by atoms with Crippen LogP contribution in [0, 0.1) is 0 Å². The van der Waals surface area contributed by atoms with Crippen LogP contribution < -0.4 is 10.7 Å². The standard InChI is InChI=1S/C27H32N2O4Si/c1-7-27(15-30)19-12-20-22-17(13-29(20)24(31)18(19)14-33-25(27)32)11-16-9-8-10-21(23(16)28-22)34(5,6)26(2,3)4/h8-12,30H,7,13-15H2,1-6H3. The van der Waals surface area contributed by atoms with Crippen molar-refractivity contribution in [2.45, 2.75) is 70.8 Å². The summed E-state index contributed by atoms with van der Waals surface area (Å²) in [5.74, 6) is -0.473. The number of carbonyl (C=O) groups is 1. The fraction of sp³-hybridized carbons (Fsp3) is 0.444. The Morgan fingerprint density at radius 3 is 2.59 bits per heavy atom. The number of hydrogen-bond donors (Lipinski definition) is 1. The number of fused-ring (bicyclic) bond motifs is 5. The Balaban J connectivity index is 1.79. The average molecular weight is 477 g/mol. The quantitative estimate of drug-likeness (QED) is 0.359. The van der Waals surface area contributed by atoms with Gasteiger partial charge in [-0.05, 0) is 34.3 Å². The molecule has 34 heavy (non-hydrogen) atoms. The molecule has 2 aliphatic heterocycles. The number of hydrogen-bond acceptors (Lipinski definition) is 5. The molecule has 0 radical (unpaired) electrons. The molecule has 2 aromatic heterocycles.